The summed E-state index contributed by atoms with van der Waals surface area (Å²) in [6, 6.07) is 0. The summed E-state index contributed by atoms with van der Waals surface area (Å²) < 4.78 is 0. The molecule has 0 aromatic rings. The summed E-state index contributed by atoms with van der Waals surface area (Å²) in [5.74, 6) is 0.0917. The molecule has 1 atom stereocenters. The maximum atomic E-state index is 12.6. The molecular formula is C16H30ClN3O2. The van der Waals surface area contributed by atoms with Crippen LogP contribution in [0.15, 0.2) is 0 Å². The van der Waals surface area contributed by atoms with Gasteiger partial charge in [-0.3, -0.25) is 9.59 Å². The third-order valence-electron chi connectivity index (χ3n) is 4.83. The highest BCUT2D eigenvalue weighted by molar-refractivity contribution is 5.87. The van der Waals surface area contributed by atoms with Crippen LogP contribution in [0.5, 0.6) is 0 Å². The van der Waals surface area contributed by atoms with Gasteiger partial charge in [-0.15, -0.1) is 12.4 Å². The van der Waals surface area contributed by atoms with Gasteiger partial charge in [0.15, 0.2) is 0 Å². The number of piperidine rings is 1. The number of likely N-dealkylation sites (tertiary alicyclic amines) is 1. The zero-order valence-electron chi connectivity index (χ0n) is 13.6. The van der Waals surface area contributed by atoms with E-state index in [2.05, 4.69) is 12.2 Å². The number of nitrogens with zero attached hydrogens (tertiary/aromatic N) is 1. The molecule has 0 aromatic heterocycles. The van der Waals surface area contributed by atoms with Crippen LogP contribution < -0.4 is 11.1 Å². The Morgan fingerprint density at radius 1 is 1.27 bits per heavy atom. The van der Waals surface area contributed by atoms with Crippen LogP contribution in [0.4, 0.5) is 0 Å². The molecule has 6 heteroatoms. The van der Waals surface area contributed by atoms with Crippen molar-refractivity contribution in [1.82, 2.24) is 10.2 Å². The second-order valence-corrected chi connectivity index (χ2v) is 6.60. The molecule has 1 unspecified atom stereocenters. The Morgan fingerprint density at radius 2 is 1.95 bits per heavy atom. The molecule has 128 valence electrons. The van der Waals surface area contributed by atoms with E-state index in [1.165, 1.54) is 0 Å². The molecule has 2 fully saturated rings. The summed E-state index contributed by atoms with van der Waals surface area (Å²) in [5, 5.41) is 2.98. The average molecular weight is 332 g/mol. The van der Waals surface area contributed by atoms with Crippen molar-refractivity contribution in [3.8, 4) is 0 Å². The van der Waals surface area contributed by atoms with E-state index in [0.29, 0.717) is 6.54 Å². The fourth-order valence-corrected chi connectivity index (χ4v) is 3.44. The molecule has 2 aliphatic rings. The van der Waals surface area contributed by atoms with Gasteiger partial charge in [-0.1, -0.05) is 26.2 Å². The lowest BCUT2D eigenvalue weighted by Crippen LogP contribution is -2.56. The number of nitrogens with one attached hydrogen (secondary N) is 1. The van der Waals surface area contributed by atoms with Gasteiger partial charge in [-0.05, 0) is 32.1 Å². The molecule has 0 radical (unpaired) electrons. The SMILES string of the molecule is CCCCNC(=O)C1CCCN(C(=O)C2(N)CCCC2)C1.Cl. The fraction of sp³-hybridized carbons (Fsp3) is 0.875. The minimum Gasteiger partial charge on any atom is -0.356 e. The second kappa shape index (κ2) is 8.73. The van der Waals surface area contributed by atoms with Gasteiger partial charge in [0.1, 0.15) is 0 Å². The standard InChI is InChI=1S/C16H29N3O2.ClH/c1-2-3-10-18-14(20)13-7-6-11-19(12-13)15(21)16(17)8-4-5-9-16;/h13H,2-12,17H2,1H3,(H,18,20);1H. The first-order valence-electron chi connectivity index (χ1n) is 8.43. The third-order valence-corrected chi connectivity index (χ3v) is 4.83. The number of carbonyl (C=O) groups excluding carboxylic acids is 2. The molecule has 1 heterocycles. The summed E-state index contributed by atoms with van der Waals surface area (Å²) in [7, 11) is 0. The molecule has 0 bridgehead atoms. The van der Waals surface area contributed by atoms with Gasteiger partial charge in [0, 0.05) is 19.6 Å². The van der Waals surface area contributed by atoms with Crippen LogP contribution >= 0.6 is 12.4 Å². The number of amides is 2. The van der Waals surface area contributed by atoms with Crippen molar-refractivity contribution in [2.24, 2.45) is 11.7 Å². The number of halogens is 1. The number of hydrogen-bond donors (Lipinski definition) is 2. The van der Waals surface area contributed by atoms with Crippen molar-refractivity contribution in [2.45, 2.75) is 63.8 Å². The normalized spacial score (nSPS) is 23.7. The zero-order valence-corrected chi connectivity index (χ0v) is 14.4. The first kappa shape index (κ1) is 19.2. The molecule has 0 spiro atoms. The minimum atomic E-state index is -0.666. The lowest BCUT2D eigenvalue weighted by molar-refractivity contribution is -0.140. The van der Waals surface area contributed by atoms with Crippen molar-refractivity contribution < 1.29 is 9.59 Å². The highest BCUT2D eigenvalue weighted by Gasteiger charge is 2.41. The van der Waals surface area contributed by atoms with E-state index >= 15 is 0 Å². The lowest BCUT2D eigenvalue weighted by Gasteiger charge is -2.37. The van der Waals surface area contributed by atoms with E-state index < -0.39 is 5.54 Å². The summed E-state index contributed by atoms with van der Waals surface area (Å²) >= 11 is 0. The monoisotopic (exact) mass is 331 g/mol. The van der Waals surface area contributed by atoms with E-state index in [-0.39, 0.29) is 30.1 Å². The number of nitrogens with two attached hydrogens (primary N) is 1. The van der Waals surface area contributed by atoms with E-state index in [4.69, 9.17) is 5.73 Å². The Hall–Kier alpha value is -0.810. The molecule has 1 aliphatic carbocycles. The van der Waals surface area contributed by atoms with Gasteiger partial charge in [0.05, 0.1) is 11.5 Å². The lowest BCUT2D eigenvalue weighted by atomic mass is 9.92. The van der Waals surface area contributed by atoms with Crippen molar-refractivity contribution >= 4 is 24.2 Å². The van der Waals surface area contributed by atoms with Crippen LogP contribution in [0.2, 0.25) is 0 Å². The summed E-state index contributed by atoms with van der Waals surface area (Å²) in [4.78, 5) is 26.6. The van der Waals surface area contributed by atoms with Crippen molar-refractivity contribution in [3.05, 3.63) is 0 Å². The molecule has 2 rings (SSSR count). The maximum Gasteiger partial charge on any atom is 0.242 e. The molecule has 3 N–H and O–H groups in total. The molecular weight excluding hydrogens is 302 g/mol. The smallest absolute Gasteiger partial charge is 0.242 e. The molecule has 2 amide bonds. The van der Waals surface area contributed by atoms with Gasteiger partial charge < -0.3 is 16.0 Å². The Morgan fingerprint density at radius 3 is 2.59 bits per heavy atom. The van der Waals surface area contributed by atoms with Gasteiger partial charge in [-0.25, -0.2) is 0 Å². The number of rotatable bonds is 5. The van der Waals surface area contributed by atoms with E-state index in [0.717, 1.165) is 64.5 Å². The fourth-order valence-electron chi connectivity index (χ4n) is 3.44. The summed E-state index contributed by atoms with van der Waals surface area (Å²) in [5.41, 5.74) is 5.60. The zero-order chi connectivity index (χ0) is 15.3. The first-order chi connectivity index (χ1) is 10.1. The second-order valence-electron chi connectivity index (χ2n) is 6.60. The molecule has 22 heavy (non-hydrogen) atoms. The van der Waals surface area contributed by atoms with Crippen molar-refractivity contribution in [3.63, 3.8) is 0 Å². The Balaban J connectivity index is 0.00000242. The number of hydrogen-bond acceptors (Lipinski definition) is 3. The predicted octanol–water partition coefficient (Wildman–Crippen LogP) is 1.83. The van der Waals surface area contributed by atoms with Crippen LogP contribution in [-0.4, -0.2) is 41.9 Å². The van der Waals surface area contributed by atoms with Crippen molar-refractivity contribution in [2.75, 3.05) is 19.6 Å². The minimum absolute atomic E-state index is 0. The van der Waals surface area contributed by atoms with E-state index in [1.807, 2.05) is 4.90 Å². The van der Waals surface area contributed by atoms with Gasteiger partial charge in [0.25, 0.3) is 0 Å². The highest BCUT2D eigenvalue weighted by atomic mass is 35.5. The van der Waals surface area contributed by atoms with Crippen molar-refractivity contribution in [1.29, 1.82) is 0 Å². The Kier molecular flexibility index (Phi) is 7.63. The van der Waals surface area contributed by atoms with Gasteiger partial charge in [-0.2, -0.15) is 0 Å². The van der Waals surface area contributed by atoms with Gasteiger partial charge in [0.2, 0.25) is 11.8 Å². The van der Waals surface area contributed by atoms with Gasteiger partial charge >= 0.3 is 0 Å². The molecule has 1 aliphatic heterocycles. The number of carbonyl (C=O) groups is 2. The highest BCUT2D eigenvalue weighted by Crippen LogP contribution is 2.30. The first-order valence-corrected chi connectivity index (χ1v) is 8.43. The summed E-state index contributed by atoms with van der Waals surface area (Å²) in [6.45, 7) is 4.13. The van der Waals surface area contributed by atoms with Crippen LogP contribution in [0, 0.1) is 5.92 Å². The molecule has 1 saturated carbocycles. The topological polar surface area (TPSA) is 75.4 Å². The Bertz CT molecular complexity index is 384. The number of unbranched alkanes of at least 4 members (excludes halogenated alkanes) is 1. The predicted molar refractivity (Wildman–Crippen MR) is 89.9 cm³/mol. The van der Waals surface area contributed by atoms with Crippen LogP contribution in [0.1, 0.15) is 58.3 Å². The van der Waals surface area contributed by atoms with Crippen LogP contribution in [0.25, 0.3) is 0 Å². The third kappa shape index (κ3) is 4.59. The van der Waals surface area contributed by atoms with Crippen LogP contribution in [0.3, 0.4) is 0 Å². The molecule has 0 aromatic carbocycles. The summed E-state index contributed by atoms with van der Waals surface area (Å²) in [6.07, 6.45) is 7.50. The van der Waals surface area contributed by atoms with E-state index in [1.54, 1.807) is 0 Å². The maximum absolute atomic E-state index is 12.6. The largest absolute Gasteiger partial charge is 0.356 e. The Labute approximate surface area is 139 Å². The quantitative estimate of drug-likeness (QED) is 0.755. The average Bonchev–Trinajstić information content (AvgIpc) is 2.95. The van der Waals surface area contributed by atoms with E-state index in [9.17, 15) is 9.59 Å². The molecule has 1 saturated heterocycles. The van der Waals surface area contributed by atoms with Crippen LogP contribution in [-0.2, 0) is 9.59 Å². The molecule has 5 nitrogen and oxygen atoms in total.